The van der Waals surface area contributed by atoms with Gasteiger partial charge in [0, 0.05) is 36.3 Å². The molecule has 2 rings (SSSR count). The summed E-state index contributed by atoms with van der Waals surface area (Å²) in [4.78, 5) is 13.5. The van der Waals surface area contributed by atoms with Crippen LogP contribution in [-0.4, -0.2) is 13.1 Å². The average Bonchev–Trinajstić information content (AvgIpc) is 2.30. The number of hydrogen-bond acceptors (Lipinski definition) is 3. The van der Waals surface area contributed by atoms with Gasteiger partial charge in [-0.05, 0) is 38.5 Å². The molecule has 0 aliphatic rings. The Labute approximate surface area is 101 Å². The number of nitrogens with zero attached hydrogens (tertiary/aromatic N) is 1. The predicted octanol–water partition coefficient (Wildman–Crippen LogP) is 2.95. The van der Waals surface area contributed by atoms with Gasteiger partial charge in [0.2, 0.25) is 0 Å². The Morgan fingerprint density at radius 2 is 1.88 bits per heavy atom. The summed E-state index contributed by atoms with van der Waals surface area (Å²) < 4.78 is 5.24. The molecular formula is C14H17NO2. The predicted molar refractivity (Wildman–Crippen MR) is 70.8 cm³/mol. The summed E-state index contributed by atoms with van der Waals surface area (Å²) in [7, 11) is 0. The van der Waals surface area contributed by atoms with Gasteiger partial charge in [-0.1, -0.05) is 0 Å². The van der Waals surface area contributed by atoms with Gasteiger partial charge in [0.05, 0.1) is 0 Å². The van der Waals surface area contributed by atoms with E-state index in [0.717, 1.165) is 29.7 Å². The molecule has 0 spiro atoms. The maximum absolute atomic E-state index is 11.2. The molecule has 0 aliphatic heterocycles. The third-order valence-electron chi connectivity index (χ3n) is 3.06. The molecule has 17 heavy (non-hydrogen) atoms. The van der Waals surface area contributed by atoms with Crippen molar-refractivity contribution >= 4 is 16.7 Å². The topological polar surface area (TPSA) is 33.5 Å². The monoisotopic (exact) mass is 231 g/mol. The molecule has 90 valence electrons. The van der Waals surface area contributed by atoms with Crippen molar-refractivity contribution in [2.75, 3.05) is 18.0 Å². The van der Waals surface area contributed by atoms with Gasteiger partial charge in [-0.15, -0.1) is 0 Å². The van der Waals surface area contributed by atoms with E-state index in [1.807, 2.05) is 19.1 Å². The molecule has 0 radical (unpaired) electrons. The number of anilines is 1. The van der Waals surface area contributed by atoms with E-state index >= 15 is 0 Å². The van der Waals surface area contributed by atoms with Crippen molar-refractivity contribution in [3.63, 3.8) is 0 Å². The molecule has 2 aromatic rings. The Morgan fingerprint density at radius 1 is 1.18 bits per heavy atom. The third kappa shape index (κ3) is 2.18. The zero-order valence-corrected chi connectivity index (χ0v) is 10.5. The second kappa shape index (κ2) is 4.62. The maximum atomic E-state index is 11.2. The highest BCUT2D eigenvalue weighted by atomic mass is 16.4. The van der Waals surface area contributed by atoms with Crippen molar-refractivity contribution in [2.24, 2.45) is 0 Å². The first-order chi connectivity index (χ1) is 8.15. The van der Waals surface area contributed by atoms with Crippen LogP contribution in [0.2, 0.25) is 0 Å². The van der Waals surface area contributed by atoms with E-state index in [2.05, 4.69) is 24.8 Å². The first kappa shape index (κ1) is 11.7. The lowest BCUT2D eigenvalue weighted by Crippen LogP contribution is -2.21. The maximum Gasteiger partial charge on any atom is 0.336 e. The Balaban J connectivity index is 2.64. The molecule has 0 atom stereocenters. The Kier molecular flexibility index (Phi) is 3.18. The van der Waals surface area contributed by atoms with Gasteiger partial charge >= 0.3 is 5.63 Å². The van der Waals surface area contributed by atoms with Gasteiger partial charge in [0.25, 0.3) is 0 Å². The molecule has 0 saturated heterocycles. The standard InChI is InChI=1S/C14H17NO2/c1-4-15(5-2)11-8-10(3)12-6-7-14(16)17-13(12)9-11/h6-9H,4-5H2,1-3H3. The molecule has 0 bridgehead atoms. The van der Waals surface area contributed by atoms with Crippen LogP contribution >= 0.6 is 0 Å². The van der Waals surface area contributed by atoms with Crippen LogP contribution in [0.4, 0.5) is 5.69 Å². The van der Waals surface area contributed by atoms with Crippen molar-refractivity contribution in [1.82, 2.24) is 0 Å². The molecule has 1 aromatic heterocycles. The van der Waals surface area contributed by atoms with Crippen molar-refractivity contribution in [3.8, 4) is 0 Å². The SMILES string of the molecule is CCN(CC)c1cc(C)c2ccc(=O)oc2c1. The van der Waals surface area contributed by atoms with Gasteiger partial charge < -0.3 is 9.32 Å². The van der Waals surface area contributed by atoms with Gasteiger partial charge in [-0.3, -0.25) is 0 Å². The van der Waals surface area contributed by atoms with E-state index in [4.69, 9.17) is 4.42 Å². The highest BCUT2D eigenvalue weighted by molar-refractivity contribution is 5.84. The fraction of sp³-hybridized carbons (Fsp3) is 0.357. The molecule has 0 fully saturated rings. The Morgan fingerprint density at radius 3 is 2.53 bits per heavy atom. The van der Waals surface area contributed by atoms with E-state index in [0.29, 0.717) is 5.58 Å². The van der Waals surface area contributed by atoms with Crippen molar-refractivity contribution in [1.29, 1.82) is 0 Å². The highest BCUT2D eigenvalue weighted by Gasteiger charge is 2.07. The lowest BCUT2D eigenvalue weighted by atomic mass is 10.1. The van der Waals surface area contributed by atoms with E-state index in [1.54, 1.807) is 0 Å². The summed E-state index contributed by atoms with van der Waals surface area (Å²) in [6.45, 7) is 8.15. The zero-order chi connectivity index (χ0) is 12.4. The van der Waals surface area contributed by atoms with Crippen LogP contribution in [-0.2, 0) is 0 Å². The van der Waals surface area contributed by atoms with Crippen LogP contribution < -0.4 is 10.5 Å². The summed E-state index contributed by atoms with van der Waals surface area (Å²) in [5.41, 5.74) is 2.61. The van der Waals surface area contributed by atoms with E-state index in [-0.39, 0.29) is 5.63 Å². The van der Waals surface area contributed by atoms with E-state index < -0.39 is 0 Å². The van der Waals surface area contributed by atoms with Crippen LogP contribution in [0.5, 0.6) is 0 Å². The van der Waals surface area contributed by atoms with Crippen molar-refractivity contribution in [3.05, 3.63) is 40.2 Å². The van der Waals surface area contributed by atoms with Gasteiger partial charge in [0.1, 0.15) is 5.58 Å². The molecule has 3 heteroatoms. The van der Waals surface area contributed by atoms with Gasteiger partial charge in [0.15, 0.2) is 0 Å². The van der Waals surface area contributed by atoms with Crippen molar-refractivity contribution < 1.29 is 4.42 Å². The smallest absolute Gasteiger partial charge is 0.336 e. The first-order valence-corrected chi connectivity index (χ1v) is 5.95. The minimum Gasteiger partial charge on any atom is -0.423 e. The summed E-state index contributed by atoms with van der Waals surface area (Å²) in [6, 6.07) is 7.36. The largest absolute Gasteiger partial charge is 0.423 e. The van der Waals surface area contributed by atoms with Crippen LogP contribution in [0.1, 0.15) is 19.4 Å². The molecule has 0 N–H and O–H groups in total. The number of fused-ring (bicyclic) bond motifs is 1. The number of benzene rings is 1. The van der Waals surface area contributed by atoms with Crippen molar-refractivity contribution in [2.45, 2.75) is 20.8 Å². The Hall–Kier alpha value is -1.77. The second-order valence-electron chi connectivity index (χ2n) is 4.10. The lowest BCUT2D eigenvalue weighted by Gasteiger charge is -2.21. The number of aryl methyl sites for hydroxylation is 1. The lowest BCUT2D eigenvalue weighted by molar-refractivity contribution is 0.560. The summed E-state index contributed by atoms with van der Waals surface area (Å²) in [6.07, 6.45) is 0. The fourth-order valence-electron chi connectivity index (χ4n) is 2.11. The van der Waals surface area contributed by atoms with E-state index in [1.165, 1.54) is 6.07 Å². The Bertz CT molecular complexity index is 582. The molecule has 0 saturated carbocycles. The molecule has 0 aliphatic carbocycles. The minimum atomic E-state index is -0.298. The second-order valence-corrected chi connectivity index (χ2v) is 4.10. The molecule has 1 heterocycles. The van der Waals surface area contributed by atoms with Crippen LogP contribution in [0.25, 0.3) is 11.0 Å². The fourth-order valence-corrected chi connectivity index (χ4v) is 2.11. The molecule has 0 unspecified atom stereocenters. The van der Waals surface area contributed by atoms with Crippen LogP contribution in [0.3, 0.4) is 0 Å². The van der Waals surface area contributed by atoms with Gasteiger partial charge in [-0.2, -0.15) is 0 Å². The summed E-state index contributed by atoms with van der Waals surface area (Å²) in [5, 5.41) is 1.00. The third-order valence-corrected chi connectivity index (χ3v) is 3.06. The first-order valence-electron chi connectivity index (χ1n) is 5.95. The van der Waals surface area contributed by atoms with Gasteiger partial charge in [-0.25, -0.2) is 4.79 Å². The average molecular weight is 231 g/mol. The molecular weight excluding hydrogens is 214 g/mol. The van der Waals surface area contributed by atoms with Crippen LogP contribution in [0.15, 0.2) is 33.5 Å². The normalized spacial score (nSPS) is 10.8. The number of hydrogen-bond donors (Lipinski definition) is 0. The number of rotatable bonds is 3. The molecule has 3 nitrogen and oxygen atoms in total. The molecule has 1 aromatic carbocycles. The summed E-state index contributed by atoms with van der Waals surface area (Å²) >= 11 is 0. The minimum absolute atomic E-state index is 0.298. The highest BCUT2D eigenvalue weighted by Crippen LogP contribution is 2.24. The molecule has 0 amide bonds. The van der Waals surface area contributed by atoms with Crippen LogP contribution in [0, 0.1) is 6.92 Å². The zero-order valence-electron chi connectivity index (χ0n) is 10.5. The summed E-state index contributed by atoms with van der Waals surface area (Å²) in [5.74, 6) is 0. The quantitative estimate of drug-likeness (QED) is 0.761. The van der Waals surface area contributed by atoms with E-state index in [9.17, 15) is 4.79 Å².